The number of aryl methyl sites for hydroxylation is 1. The lowest BCUT2D eigenvalue weighted by Gasteiger charge is -2.31. The van der Waals surface area contributed by atoms with Crippen molar-refractivity contribution in [2.75, 3.05) is 97.7 Å². The lowest BCUT2D eigenvalue weighted by molar-refractivity contribution is -0.172. The Hall–Kier alpha value is -7.66. The quantitative estimate of drug-likeness (QED) is 0.00949. The third-order valence-electron chi connectivity index (χ3n) is 15.0. The number of aliphatic hydroxyl groups excluding tert-OH is 1. The number of hydrogen-bond donors (Lipinski definition) is 8. The van der Waals surface area contributed by atoms with Crippen LogP contribution >= 0.6 is 0 Å². The van der Waals surface area contributed by atoms with Gasteiger partial charge in [0.15, 0.2) is 11.7 Å². The molecule has 0 radical (unpaired) electrons. The zero-order valence-electron chi connectivity index (χ0n) is 48.7. The Bertz CT molecular complexity index is 3190. The van der Waals surface area contributed by atoms with Gasteiger partial charge in [0.2, 0.25) is 17.7 Å². The fourth-order valence-electron chi connectivity index (χ4n) is 10.4. The largest absolute Gasteiger partial charge is 0.458 e. The summed E-state index contributed by atoms with van der Waals surface area (Å²) < 4.78 is 54.8. The lowest BCUT2D eigenvalue weighted by Crippen LogP contribution is -2.54. The SMILES string of the molecule is CC[C@@]1(O)C(=O)OCc2c1cc1n(c2=O)Cc2c-1nc1cc(F)c(C)c3c1c2[C@@H](NC(=O)C(O)c1ccc(NC(=O)[C@H](CCCNC(N)=O)NC(=O)[C@@H](NC(=O)CCOCCOCCOCCOCCOCCOCCN=[N+]=[N-])C(C)C)cc1)CC3. The van der Waals surface area contributed by atoms with Crippen molar-refractivity contribution in [1.29, 1.82) is 0 Å². The second kappa shape index (κ2) is 31.6. The highest BCUT2D eigenvalue weighted by Gasteiger charge is 2.46. The topological polar surface area (TPSA) is 377 Å². The number of cyclic esters (lactones) is 1. The molecular formula is C58H76FN11O16. The zero-order valence-corrected chi connectivity index (χ0v) is 48.7. The van der Waals surface area contributed by atoms with Gasteiger partial charge in [-0.1, -0.05) is 38.0 Å². The van der Waals surface area contributed by atoms with Gasteiger partial charge in [0.05, 0.1) is 114 Å². The molecule has 6 amide bonds. The molecule has 0 bridgehead atoms. The van der Waals surface area contributed by atoms with Gasteiger partial charge in [-0.05, 0) is 90.9 Å². The fraction of sp³-hybridized carbons (Fsp3) is 0.552. The molecule has 86 heavy (non-hydrogen) atoms. The Labute approximate surface area is 495 Å². The maximum Gasteiger partial charge on any atom is 0.343 e. The van der Waals surface area contributed by atoms with Crippen LogP contribution in [0.4, 0.5) is 14.9 Å². The van der Waals surface area contributed by atoms with Crippen LogP contribution in [0, 0.1) is 18.7 Å². The summed E-state index contributed by atoms with van der Waals surface area (Å²) in [5, 5.41) is 40.6. The molecule has 1 aliphatic carbocycles. The predicted molar refractivity (Wildman–Crippen MR) is 308 cm³/mol. The Balaban J connectivity index is 0.893. The molecule has 28 heteroatoms. The van der Waals surface area contributed by atoms with Crippen molar-refractivity contribution >= 4 is 52.2 Å². The summed E-state index contributed by atoms with van der Waals surface area (Å²) in [6.45, 7) is 10.7. The molecule has 466 valence electrons. The number of urea groups is 1. The number of fused-ring (bicyclic) bond motifs is 5. The first-order chi connectivity index (χ1) is 41.4. The van der Waals surface area contributed by atoms with E-state index in [1.165, 1.54) is 34.9 Å². The van der Waals surface area contributed by atoms with Gasteiger partial charge >= 0.3 is 12.0 Å². The molecule has 0 saturated heterocycles. The maximum atomic E-state index is 15.5. The minimum absolute atomic E-state index is 0.0174. The van der Waals surface area contributed by atoms with Gasteiger partial charge in [-0.25, -0.2) is 19.0 Å². The Morgan fingerprint density at radius 3 is 2.12 bits per heavy atom. The molecule has 1 unspecified atom stereocenters. The van der Waals surface area contributed by atoms with Gasteiger partial charge in [-0.2, -0.15) is 0 Å². The molecule has 2 aromatic carbocycles. The van der Waals surface area contributed by atoms with E-state index in [1.807, 2.05) is 0 Å². The number of aliphatic hydroxyl groups is 2. The van der Waals surface area contributed by atoms with Crippen LogP contribution in [-0.4, -0.2) is 160 Å². The summed E-state index contributed by atoms with van der Waals surface area (Å²) in [5.41, 5.74) is 14.8. The number of anilines is 1. The van der Waals surface area contributed by atoms with Gasteiger partial charge in [-0.15, -0.1) is 0 Å². The monoisotopic (exact) mass is 1200 g/mol. The van der Waals surface area contributed by atoms with Gasteiger partial charge in [0.25, 0.3) is 11.5 Å². The smallest absolute Gasteiger partial charge is 0.343 e. The number of carbonyl (C=O) groups excluding carboxylic acids is 6. The molecule has 0 saturated carbocycles. The fourth-order valence-corrected chi connectivity index (χ4v) is 10.4. The molecule has 4 aromatic rings. The number of benzene rings is 2. The number of pyridine rings is 2. The van der Waals surface area contributed by atoms with Crippen molar-refractivity contribution in [2.24, 2.45) is 16.8 Å². The number of azide groups is 1. The van der Waals surface area contributed by atoms with Crippen LogP contribution in [0.5, 0.6) is 0 Å². The summed E-state index contributed by atoms with van der Waals surface area (Å²) in [5.74, 6) is -4.26. The summed E-state index contributed by atoms with van der Waals surface area (Å²) in [4.78, 5) is 101. The second-order valence-electron chi connectivity index (χ2n) is 21.1. The van der Waals surface area contributed by atoms with Crippen LogP contribution in [0.3, 0.4) is 0 Å². The molecule has 9 N–H and O–H groups in total. The normalized spacial score (nSPS) is 16.7. The highest BCUT2D eigenvalue weighted by atomic mass is 19.1. The molecule has 5 atom stereocenters. The zero-order chi connectivity index (χ0) is 61.9. The Kier molecular flexibility index (Phi) is 24.2. The second-order valence-corrected chi connectivity index (χ2v) is 21.1. The van der Waals surface area contributed by atoms with Crippen molar-refractivity contribution in [3.8, 4) is 11.4 Å². The minimum Gasteiger partial charge on any atom is -0.458 e. The number of aromatic nitrogens is 2. The average Bonchev–Trinajstić information content (AvgIpc) is 1.66. The number of carbonyl (C=O) groups is 6. The van der Waals surface area contributed by atoms with Crippen molar-refractivity contribution in [1.82, 2.24) is 30.8 Å². The number of hydrogen-bond acceptors (Lipinski definition) is 18. The van der Waals surface area contributed by atoms with Crippen LogP contribution < -0.4 is 37.9 Å². The molecule has 0 spiro atoms. The first-order valence-corrected chi connectivity index (χ1v) is 28.7. The number of rotatable bonds is 35. The molecule has 3 aliphatic rings. The number of primary amides is 1. The van der Waals surface area contributed by atoms with E-state index >= 15 is 4.39 Å². The van der Waals surface area contributed by atoms with E-state index in [9.17, 15) is 43.8 Å². The molecule has 2 aliphatic heterocycles. The van der Waals surface area contributed by atoms with Crippen molar-refractivity contribution in [3.05, 3.63) is 102 Å². The number of esters is 1. The lowest BCUT2D eigenvalue weighted by atomic mass is 9.81. The van der Waals surface area contributed by atoms with Crippen LogP contribution in [-0.2, 0) is 82.3 Å². The van der Waals surface area contributed by atoms with Crippen LogP contribution in [0.2, 0.25) is 0 Å². The van der Waals surface area contributed by atoms with Crippen LogP contribution in [0.1, 0.15) is 104 Å². The molecule has 27 nitrogen and oxygen atoms in total. The maximum absolute atomic E-state index is 15.5. The van der Waals surface area contributed by atoms with Crippen molar-refractivity contribution in [3.63, 3.8) is 0 Å². The van der Waals surface area contributed by atoms with E-state index < -0.39 is 82.8 Å². The highest BCUT2D eigenvalue weighted by molar-refractivity contribution is 5.99. The molecule has 7 rings (SSSR count). The number of nitrogens with two attached hydrogens (primary N) is 1. The molecular weight excluding hydrogens is 1130 g/mol. The highest BCUT2D eigenvalue weighted by Crippen LogP contribution is 2.46. The van der Waals surface area contributed by atoms with E-state index in [2.05, 4.69) is 36.6 Å². The molecule has 4 heterocycles. The Morgan fingerprint density at radius 1 is 0.884 bits per heavy atom. The summed E-state index contributed by atoms with van der Waals surface area (Å²) in [6, 6.07) is 4.99. The molecule has 0 fully saturated rings. The summed E-state index contributed by atoms with van der Waals surface area (Å²) in [6.07, 6.45) is -0.888. The van der Waals surface area contributed by atoms with Crippen LogP contribution in [0.25, 0.3) is 32.7 Å². The van der Waals surface area contributed by atoms with Gasteiger partial charge in [-0.3, -0.25) is 24.0 Å². The molecule has 2 aromatic heterocycles. The van der Waals surface area contributed by atoms with E-state index in [4.69, 9.17) is 49.4 Å². The standard InChI is InChI=1S/C58H76FN11O16/c1-5-58(79)40-29-45-50-38(31-70(45)55(76)39(40)32-86-56(58)77)48-42(13-12-37-34(4)41(59)30-44(65-50)47(37)48)66-54(75)51(72)35-8-10-36(11-9-35)64-52(73)43(7-6-15-62-57(60)78)67-53(74)49(33(2)3)68-46(71)14-17-80-19-21-82-23-25-84-27-28-85-26-24-83-22-20-81-18-16-63-69-61/h8-11,29-30,33,42-43,49,51,72,79H,5-7,12-28,31-32H2,1-4H3,(H,64,73)(H,66,75)(H,67,74)(H,68,71)(H3,60,62,78)/t42-,43-,49-,51?,58-/m0/s1. The van der Waals surface area contributed by atoms with Crippen molar-refractivity contribution in [2.45, 2.75) is 109 Å². The van der Waals surface area contributed by atoms with Gasteiger partial charge in [0, 0.05) is 52.7 Å². The third kappa shape index (κ3) is 16.6. The number of nitrogens with zero attached hydrogens (tertiary/aromatic N) is 5. The van der Waals surface area contributed by atoms with E-state index in [-0.39, 0.29) is 99.6 Å². The van der Waals surface area contributed by atoms with E-state index in [0.717, 1.165) is 0 Å². The first-order valence-electron chi connectivity index (χ1n) is 28.7. The van der Waals surface area contributed by atoms with Gasteiger partial charge in [0.1, 0.15) is 24.5 Å². The van der Waals surface area contributed by atoms with Gasteiger partial charge < -0.3 is 80.3 Å². The first kappa shape index (κ1) is 65.9. The number of nitrogens with one attached hydrogen (secondary N) is 5. The Morgan fingerprint density at radius 2 is 1.51 bits per heavy atom. The summed E-state index contributed by atoms with van der Waals surface area (Å²) in [7, 11) is 0. The van der Waals surface area contributed by atoms with Crippen LogP contribution in [0.15, 0.2) is 46.3 Å². The third-order valence-corrected chi connectivity index (χ3v) is 15.0. The minimum atomic E-state index is -2.07. The number of halogens is 1. The number of ether oxygens (including phenoxy) is 7. The average molecular weight is 1200 g/mol. The summed E-state index contributed by atoms with van der Waals surface area (Å²) >= 11 is 0. The number of amides is 6. The predicted octanol–water partition coefficient (Wildman–Crippen LogP) is 3.18. The van der Waals surface area contributed by atoms with E-state index in [1.54, 1.807) is 33.8 Å². The van der Waals surface area contributed by atoms with Crippen molar-refractivity contribution < 1.29 is 76.5 Å². The van der Waals surface area contributed by atoms with E-state index in [0.29, 0.717) is 111 Å².